The van der Waals surface area contributed by atoms with Crippen LogP contribution in [0.3, 0.4) is 0 Å². The fourth-order valence-corrected chi connectivity index (χ4v) is 5.52. The molecule has 5 rings (SSSR count). The first-order valence-corrected chi connectivity index (χ1v) is 11.8. The van der Waals surface area contributed by atoms with E-state index in [9.17, 15) is 0 Å². The fraction of sp³-hybridized carbons (Fsp3) is 0.652. The van der Waals surface area contributed by atoms with E-state index < -0.39 is 0 Å². The van der Waals surface area contributed by atoms with Crippen molar-refractivity contribution in [2.24, 2.45) is 11.8 Å². The largest absolute Gasteiger partial charge is 0.378 e. The first kappa shape index (κ1) is 21.3. The van der Waals surface area contributed by atoms with Gasteiger partial charge in [0.1, 0.15) is 11.6 Å². The first-order valence-electron chi connectivity index (χ1n) is 11.8. The molecule has 3 fully saturated rings. The van der Waals surface area contributed by atoms with Crippen LogP contribution >= 0.6 is 0 Å². The normalized spacial score (nSPS) is 25.7. The Kier molecular flexibility index (Phi) is 6.36. The van der Waals surface area contributed by atoms with Gasteiger partial charge in [-0.1, -0.05) is 0 Å². The molecule has 1 saturated carbocycles. The molecule has 3 atom stereocenters. The number of likely N-dealkylation sites (N-methyl/N-ethyl adjacent to an activating group) is 1. The van der Waals surface area contributed by atoms with E-state index in [-0.39, 0.29) is 0 Å². The SMILES string of the molecule is CN(CCN1C[C@H]2CC[C@@H](N(C)c3cnccn3)[C@H]2C1)c1nccc(N2CCOCC2)n1. The summed E-state index contributed by atoms with van der Waals surface area (Å²) in [5.74, 6) is 4.26. The lowest BCUT2D eigenvalue weighted by molar-refractivity contribution is 0.122. The number of hydrogen-bond donors (Lipinski definition) is 0. The van der Waals surface area contributed by atoms with Gasteiger partial charge in [0.25, 0.3) is 0 Å². The number of fused-ring (bicyclic) bond motifs is 1. The van der Waals surface area contributed by atoms with E-state index in [1.165, 1.54) is 19.4 Å². The van der Waals surface area contributed by atoms with Crippen LogP contribution in [0.1, 0.15) is 12.8 Å². The summed E-state index contributed by atoms with van der Waals surface area (Å²) in [6.07, 6.45) is 9.82. The van der Waals surface area contributed by atoms with Gasteiger partial charge in [0.05, 0.1) is 19.4 Å². The van der Waals surface area contributed by atoms with Gasteiger partial charge in [0.2, 0.25) is 5.95 Å². The predicted octanol–water partition coefficient (Wildman–Crippen LogP) is 1.39. The summed E-state index contributed by atoms with van der Waals surface area (Å²) >= 11 is 0. The molecule has 0 amide bonds. The van der Waals surface area contributed by atoms with Crippen molar-refractivity contribution in [2.45, 2.75) is 18.9 Å². The van der Waals surface area contributed by atoms with Crippen molar-refractivity contribution in [3.8, 4) is 0 Å². The molecule has 0 unspecified atom stereocenters. The van der Waals surface area contributed by atoms with E-state index >= 15 is 0 Å². The van der Waals surface area contributed by atoms with Gasteiger partial charge in [-0.05, 0) is 30.7 Å². The lowest BCUT2D eigenvalue weighted by Crippen LogP contribution is -2.39. The second-order valence-corrected chi connectivity index (χ2v) is 9.24. The van der Waals surface area contributed by atoms with E-state index in [4.69, 9.17) is 9.72 Å². The zero-order chi connectivity index (χ0) is 21.9. The average molecular weight is 439 g/mol. The molecule has 2 aliphatic heterocycles. The van der Waals surface area contributed by atoms with Gasteiger partial charge in [-0.15, -0.1) is 0 Å². The van der Waals surface area contributed by atoms with Crippen molar-refractivity contribution in [1.29, 1.82) is 0 Å². The summed E-state index contributed by atoms with van der Waals surface area (Å²) in [7, 11) is 4.27. The van der Waals surface area contributed by atoms with Crippen LogP contribution in [0.25, 0.3) is 0 Å². The van der Waals surface area contributed by atoms with E-state index in [1.807, 2.05) is 18.5 Å². The number of likely N-dealkylation sites (tertiary alicyclic amines) is 1. The maximum atomic E-state index is 5.46. The summed E-state index contributed by atoms with van der Waals surface area (Å²) in [6, 6.07) is 2.55. The highest BCUT2D eigenvalue weighted by Crippen LogP contribution is 2.41. The Balaban J connectivity index is 1.15. The van der Waals surface area contributed by atoms with Crippen molar-refractivity contribution < 1.29 is 4.74 Å². The molecule has 0 aromatic carbocycles. The third-order valence-corrected chi connectivity index (χ3v) is 7.36. The topological polar surface area (TPSA) is 73.8 Å². The molecule has 3 aliphatic rings. The third kappa shape index (κ3) is 4.49. The number of morpholine rings is 1. The van der Waals surface area contributed by atoms with E-state index in [2.05, 4.69) is 48.6 Å². The number of ether oxygens (including phenoxy) is 1. The van der Waals surface area contributed by atoms with Crippen LogP contribution in [0, 0.1) is 11.8 Å². The second kappa shape index (κ2) is 9.54. The Morgan fingerprint density at radius 1 is 1.06 bits per heavy atom. The third-order valence-electron chi connectivity index (χ3n) is 7.36. The zero-order valence-electron chi connectivity index (χ0n) is 19.2. The molecule has 9 nitrogen and oxygen atoms in total. The van der Waals surface area contributed by atoms with E-state index in [0.717, 1.165) is 69.4 Å². The summed E-state index contributed by atoms with van der Waals surface area (Å²) in [6.45, 7) is 7.62. The molecule has 32 heavy (non-hydrogen) atoms. The van der Waals surface area contributed by atoms with Crippen LogP contribution in [-0.2, 0) is 4.74 Å². The van der Waals surface area contributed by atoms with Gasteiger partial charge in [-0.25, -0.2) is 9.97 Å². The Morgan fingerprint density at radius 3 is 2.75 bits per heavy atom. The summed E-state index contributed by atoms with van der Waals surface area (Å²) in [4.78, 5) is 27.5. The van der Waals surface area contributed by atoms with Crippen molar-refractivity contribution in [2.75, 3.05) is 81.3 Å². The second-order valence-electron chi connectivity index (χ2n) is 9.24. The maximum absolute atomic E-state index is 5.46. The highest BCUT2D eigenvalue weighted by atomic mass is 16.5. The molecule has 1 aliphatic carbocycles. The van der Waals surface area contributed by atoms with Crippen molar-refractivity contribution in [3.05, 3.63) is 30.9 Å². The fourth-order valence-electron chi connectivity index (χ4n) is 5.52. The highest BCUT2D eigenvalue weighted by molar-refractivity contribution is 5.43. The molecule has 0 bridgehead atoms. The summed E-state index contributed by atoms with van der Waals surface area (Å²) < 4.78 is 5.46. The minimum atomic E-state index is 0.549. The number of nitrogens with zero attached hydrogens (tertiary/aromatic N) is 8. The number of aromatic nitrogens is 4. The Labute approximate surface area is 190 Å². The monoisotopic (exact) mass is 438 g/mol. The average Bonchev–Trinajstić information content (AvgIpc) is 3.44. The molecule has 172 valence electrons. The molecule has 4 heterocycles. The Hall–Kier alpha value is -2.52. The van der Waals surface area contributed by atoms with Gasteiger partial charge in [-0.3, -0.25) is 4.98 Å². The quantitative estimate of drug-likeness (QED) is 0.637. The Bertz CT molecular complexity index is 877. The molecule has 2 aromatic heterocycles. The lowest BCUT2D eigenvalue weighted by Gasteiger charge is -2.31. The standard InChI is InChI=1S/C23H34N8O/c1-28(23-26-6-5-21(27-23)31-11-13-32-14-12-31)9-10-30-16-18-3-4-20(19(18)17-30)29(2)22-15-24-7-8-25-22/h5-8,15,18-20H,3-4,9-14,16-17H2,1-2H3/t18-,19+,20-/m1/s1. The van der Waals surface area contributed by atoms with Gasteiger partial charge in [0.15, 0.2) is 0 Å². The van der Waals surface area contributed by atoms with Gasteiger partial charge in [-0.2, -0.15) is 4.98 Å². The molecule has 2 saturated heterocycles. The minimum absolute atomic E-state index is 0.549. The van der Waals surface area contributed by atoms with Crippen LogP contribution in [0.4, 0.5) is 17.6 Å². The lowest BCUT2D eigenvalue weighted by atomic mass is 9.97. The van der Waals surface area contributed by atoms with E-state index in [0.29, 0.717) is 12.0 Å². The summed E-state index contributed by atoms with van der Waals surface area (Å²) in [5, 5.41) is 0. The molecule has 0 radical (unpaired) electrons. The molecular weight excluding hydrogens is 404 g/mol. The van der Waals surface area contributed by atoms with Gasteiger partial charge < -0.3 is 24.3 Å². The minimum Gasteiger partial charge on any atom is -0.378 e. The highest BCUT2D eigenvalue weighted by Gasteiger charge is 2.44. The molecular formula is C23H34N8O. The smallest absolute Gasteiger partial charge is 0.227 e. The van der Waals surface area contributed by atoms with Crippen molar-refractivity contribution >= 4 is 17.6 Å². The molecule has 9 heteroatoms. The number of rotatable bonds is 7. The van der Waals surface area contributed by atoms with Gasteiger partial charge >= 0.3 is 0 Å². The molecule has 0 spiro atoms. The van der Waals surface area contributed by atoms with Crippen LogP contribution in [-0.4, -0.2) is 97.5 Å². The van der Waals surface area contributed by atoms with Crippen molar-refractivity contribution in [1.82, 2.24) is 24.8 Å². The first-order chi connectivity index (χ1) is 15.7. The van der Waals surface area contributed by atoms with Gasteiger partial charge in [0, 0.05) is 78.0 Å². The van der Waals surface area contributed by atoms with E-state index in [1.54, 1.807) is 12.4 Å². The maximum Gasteiger partial charge on any atom is 0.227 e. The van der Waals surface area contributed by atoms with Crippen LogP contribution in [0.5, 0.6) is 0 Å². The predicted molar refractivity (Wildman–Crippen MR) is 125 cm³/mol. The van der Waals surface area contributed by atoms with Crippen LogP contribution in [0.15, 0.2) is 30.9 Å². The van der Waals surface area contributed by atoms with Crippen molar-refractivity contribution in [3.63, 3.8) is 0 Å². The molecule has 2 aromatic rings. The van der Waals surface area contributed by atoms with Crippen LogP contribution in [0.2, 0.25) is 0 Å². The van der Waals surface area contributed by atoms with Crippen LogP contribution < -0.4 is 14.7 Å². The summed E-state index contributed by atoms with van der Waals surface area (Å²) in [5.41, 5.74) is 0. The number of anilines is 3. The Morgan fingerprint density at radius 2 is 1.94 bits per heavy atom. The zero-order valence-corrected chi connectivity index (χ0v) is 19.2. The number of hydrogen-bond acceptors (Lipinski definition) is 9. The molecule has 0 N–H and O–H groups in total.